The van der Waals surface area contributed by atoms with Crippen LogP contribution in [0.3, 0.4) is 0 Å². The average Bonchev–Trinajstić information content (AvgIpc) is 2.98. The van der Waals surface area contributed by atoms with Gasteiger partial charge in [0.05, 0.1) is 5.41 Å². The number of benzene rings is 1. The highest BCUT2D eigenvalue weighted by Gasteiger charge is 2.51. The molecule has 146 valence electrons. The minimum Gasteiger partial charge on any atom is -0.340 e. The zero-order chi connectivity index (χ0) is 18.9. The summed E-state index contributed by atoms with van der Waals surface area (Å²) in [4.78, 5) is 29.9. The highest BCUT2D eigenvalue weighted by Crippen LogP contribution is 2.45. The molecule has 2 aliphatic heterocycles. The molecule has 3 aliphatic rings. The van der Waals surface area contributed by atoms with Gasteiger partial charge in [-0.2, -0.15) is 0 Å². The Morgan fingerprint density at radius 2 is 1.74 bits per heavy atom. The molecule has 1 aliphatic carbocycles. The molecular formula is C21H28FN3O2. The fourth-order valence-corrected chi connectivity index (χ4v) is 5.08. The summed E-state index contributed by atoms with van der Waals surface area (Å²) in [5.74, 6) is 0.318. The van der Waals surface area contributed by atoms with Crippen molar-refractivity contribution >= 4 is 11.8 Å². The smallest absolute Gasteiger partial charge is 0.253 e. The zero-order valence-corrected chi connectivity index (χ0v) is 15.8. The number of hydrogen-bond donors (Lipinski definition) is 1. The lowest BCUT2D eigenvalue weighted by Gasteiger charge is -2.40. The van der Waals surface area contributed by atoms with Gasteiger partial charge in [-0.05, 0) is 56.0 Å². The molecule has 2 atom stereocenters. The first-order valence-electron chi connectivity index (χ1n) is 10.2. The fourth-order valence-electron chi connectivity index (χ4n) is 5.08. The second-order valence-corrected chi connectivity index (χ2v) is 8.17. The van der Waals surface area contributed by atoms with Crippen LogP contribution in [-0.2, 0) is 4.79 Å². The highest BCUT2D eigenvalue weighted by molar-refractivity contribution is 5.94. The summed E-state index contributed by atoms with van der Waals surface area (Å²) in [5, 5.41) is 3.45. The third kappa shape index (κ3) is 3.47. The lowest BCUT2D eigenvalue weighted by molar-refractivity contribution is -0.145. The van der Waals surface area contributed by atoms with Crippen molar-refractivity contribution in [1.82, 2.24) is 15.1 Å². The molecule has 3 fully saturated rings. The molecule has 5 nitrogen and oxygen atoms in total. The first kappa shape index (κ1) is 18.4. The summed E-state index contributed by atoms with van der Waals surface area (Å²) in [5.41, 5.74) is 0.274. The Bertz CT molecular complexity index is 708. The molecule has 0 unspecified atom stereocenters. The fraction of sp³-hybridized carbons (Fsp3) is 0.619. The number of halogens is 1. The van der Waals surface area contributed by atoms with Crippen LogP contribution in [0.25, 0.3) is 0 Å². The number of carbonyl (C=O) groups excluding carboxylic acids is 2. The maximum atomic E-state index is 13.4. The minimum atomic E-state index is -0.342. The maximum Gasteiger partial charge on any atom is 0.253 e. The number of nitrogens with one attached hydrogen (secondary N) is 1. The number of rotatable bonds is 2. The molecule has 1 N–H and O–H groups in total. The SMILES string of the molecule is O=C(c1ccc(F)cc1)N1CCCN(C(=O)[C@@]23CCCC[C@H]2CNC3)CC1. The highest BCUT2D eigenvalue weighted by atomic mass is 19.1. The summed E-state index contributed by atoms with van der Waals surface area (Å²) in [7, 11) is 0. The third-order valence-corrected chi connectivity index (χ3v) is 6.63. The topological polar surface area (TPSA) is 52.7 Å². The summed E-state index contributed by atoms with van der Waals surface area (Å²) in [6.45, 7) is 4.21. The Morgan fingerprint density at radius 3 is 2.56 bits per heavy atom. The number of hydrogen-bond acceptors (Lipinski definition) is 3. The number of amides is 2. The second kappa shape index (κ2) is 7.58. The predicted octanol–water partition coefficient (Wildman–Crippen LogP) is 2.28. The Morgan fingerprint density at radius 1 is 1.00 bits per heavy atom. The molecule has 2 saturated heterocycles. The van der Waals surface area contributed by atoms with Crippen molar-refractivity contribution in [3.63, 3.8) is 0 Å². The van der Waals surface area contributed by atoms with Gasteiger partial charge in [0, 0.05) is 38.3 Å². The lowest BCUT2D eigenvalue weighted by atomic mass is 9.67. The van der Waals surface area contributed by atoms with E-state index >= 15 is 0 Å². The van der Waals surface area contributed by atoms with Crippen LogP contribution in [0.4, 0.5) is 4.39 Å². The van der Waals surface area contributed by atoms with Crippen molar-refractivity contribution in [1.29, 1.82) is 0 Å². The quantitative estimate of drug-likeness (QED) is 0.865. The van der Waals surface area contributed by atoms with Crippen molar-refractivity contribution < 1.29 is 14.0 Å². The van der Waals surface area contributed by atoms with E-state index in [0.29, 0.717) is 37.7 Å². The molecule has 4 rings (SSSR count). The van der Waals surface area contributed by atoms with Crippen LogP contribution in [0.1, 0.15) is 42.5 Å². The van der Waals surface area contributed by atoms with Gasteiger partial charge in [0.25, 0.3) is 5.91 Å². The minimum absolute atomic E-state index is 0.0828. The van der Waals surface area contributed by atoms with Gasteiger partial charge < -0.3 is 15.1 Å². The Balaban J connectivity index is 1.43. The largest absolute Gasteiger partial charge is 0.340 e. The summed E-state index contributed by atoms with van der Waals surface area (Å²) < 4.78 is 13.1. The van der Waals surface area contributed by atoms with Crippen LogP contribution in [0, 0.1) is 17.2 Å². The van der Waals surface area contributed by atoms with E-state index in [1.165, 1.54) is 30.7 Å². The van der Waals surface area contributed by atoms with Crippen molar-refractivity contribution in [3.8, 4) is 0 Å². The van der Waals surface area contributed by atoms with Crippen LogP contribution in [0.2, 0.25) is 0 Å². The van der Waals surface area contributed by atoms with Crippen molar-refractivity contribution in [2.45, 2.75) is 32.1 Å². The lowest BCUT2D eigenvalue weighted by Crippen LogP contribution is -2.50. The van der Waals surface area contributed by atoms with Gasteiger partial charge in [-0.3, -0.25) is 9.59 Å². The van der Waals surface area contributed by atoms with E-state index in [1.54, 1.807) is 4.90 Å². The monoisotopic (exact) mass is 373 g/mol. The Labute approximate surface area is 159 Å². The number of fused-ring (bicyclic) bond motifs is 1. The normalized spacial score (nSPS) is 28.6. The second-order valence-electron chi connectivity index (χ2n) is 8.17. The molecule has 27 heavy (non-hydrogen) atoms. The molecule has 0 bridgehead atoms. The molecule has 2 heterocycles. The molecule has 1 aromatic rings. The van der Waals surface area contributed by atoms with Crippen molar-refractivity contribution in [2.75, 3.05) is 39.3 Å². The number of carbonyl (C=O) groups is 2. The summed E-state index contributed by atoms with van der Waals surface area (Å²) in [6.07, 6.45) is 5.26. The molecule has 0 aromatic heterocycles. The Kier molecular flexibility index (Phi) is 5.17. The van der Waals surface area contributed by atoms with E-state index in [1.807, 2.05) is 4.90 Å². The van der Waals surface area contributed by atoms with Gasteiger partial charge in [-0.15, -0.1) is 0 Å². The van der Waals surface area contributed by atoms with E-state index in [2.05, 4.69) is 5.32 Å². The molecule has 1 aromatic carbocycles. The van der Waals surface area contributed by atoms with Gasteiger partial charge in [-0.25, -0.2) is 4.39 Å². The first-order valence-corrected chi connectivity index (χ1v) is 10.2. The van der Waals surface area contributed by atoms with Gasteiger partial charge in [0.15, 0.2) is 0 Å². The van der Waals surface area contributed by atoms with E-state index in [0.717, 1.165) is 38.8 Å². The third-order valence-electron chi connectivity index (χ3n) is 6.63. The zero-order valence-electron chi connectivity index (χ0n) is 15.8. The summed E-state index contributed by atoms with van der Waals surface area (Å²) in [6, 6.07) is 5.69. The predicted molar refractivity (Wildman–Crippen MR) is 101 cm³/mol. The van der Waals surface area contributed by atoms with E-state index < -0.39 is 0 Å². The van der Waals surface area contributed by atoms with Crippen LogP contribution in [0.15, 0.2) is 24.3 Å². The molecule has 6 heteroatoms. The average molecular weight is 373 g/mol. The Hall–Kier alpha value is -1.95. The molecule has 2 amide bonds. The van der Waals surface area contributed by atoms with Crippen LogP contribution in [-0.4, -0.2) is 60.9 Å². The van der Waals surface area contributed by atoms with Gasteiger partial charge in [-0.1, -0.05) is 12.8 Å². The molecule has 0 spiro atoms. The van der Waals surface area contributed by atoms with Gasteiger partial charge in [0.1, 0.15) is 5.82 Å². The van der Waals surface area contributed by atoms with Crippen molar-refractivity contribution in [2.24, 2.45) is 11.3 Å². The van der Waals surface area contributed by atoms with Crippen LogP contribution >= 0.6 is 0 Å². The van der Waals surface area contributed by atoms with E-state index in [-0.39, 0.29) is 23.0 Å². The molecule has 1 saturated carbocycles. The van der Waals surface area contributed by atoms with Gasteiger partial charge >= 0.3 is 0 Å². The maximum absolute atomic E-state index is 13.4. The van der Waals surface area contributed by atoms with Crippen LogP contribution in [0.5, 0.6) is 0 Å². The van der Waals surface area contributed by atoms with E-state index in [9.17, 15) is 14.0 Å². The van der Waals surface area contributed by atoms with Gasteiger partial charge in [0.2, 0.25) is 5.91 Å². The standard InChI is InChI=1S/C21H28FN3O2/c22-18-7-5-16(6-8-18)19(26)24-10-3-11-25(13-12-24)20(27)21-9-2-1-4-17(21)14-23-15-21/h5-8,17,23H,1-4,9-15H2/t17-,21+/m0/s1. The number of nitrogens with zero attached hydrogens (tertiary/aromatic N) is 2. The molecular weight excluding hydrogens is 345 g/mol. The summed E-state index contributed by atoms with van der Waals surface area (Å²) >= 11 is 0. The molecule has 0 radical (unpaired) electrons. The van der Waals surface area contributed by atoms with Crippen LogP contribution < -0.4 is 5.32 Å². The van der Waals surface area contributed by atoms with E-state index in [4.69, 9.17) is 0 Å². The van der Waals surface area contributed by atoms with Crippen molar-refractivity contribution in [3.05, 3.63) is 35.6 Å². The first-order chi connectivity index (χ1) is 13.1.